The molecule has 0 radical (unpaired) electrons. The number of hydrogen-bond acceptors (Lipinski definition) is 5. The van der Waals surface area contributed by atoms with E-state index >= 15 is 0 Å². The van der Waals surface area contributed by atoms with Gasteiger partial charge in [-0.25, -0.2) is 0 Å². The Balaban J connectivity index is -0.000000562. The van der Waals surface area contributed by atoms with Gasteiger partial charge in [0.05, 0.1) is 6.29 Å². The number of nitrogens with two attached hydrogens (primary N) is 1. The third kappa shape index (κ3) is 35.2. The quantitative estimate of drug-likeness (QED) is 0.0967. The van der Waals surface area contributed by atoms with E-state index in [4.69, 9.17) is 19.3 Å². The first-order chi connectivity index (χ1) is 16.4. The molecule has 195 valence electrons. The van der Waals surface area contributed by atoms with Crippen molar-refractivity contribution in [3.63, 3.8) is 0 Å². The molecular weight excluding hydrogens is 466 g/mol. The maximum absolute atomic E-state index is 10.3. The fourth-order valence-electron chi connectivity index (χ4n) is 3.15. The van der Waals surface area contributed by atoms with Gasteiger partial charge in [-0.3, -0.25) is 4.79 Å². The molecule has 0 aliphatic carbocycles. The number of carboxylic acids is 1. The Bertz CT molecular complexity index is 552. The number of aliphatic carboxylic acids is 1. The number of aliphatic hydroxyl groups excluding tert-OH is 1. The summed E-state index contributed by atoms with van der Waals surface area (Å²) in [6.45, 7) is 6.54. The first-order valence-corrected chi connectivity index (χ1v) is 13.3. The summed E-state index contributed by atoms with van der Waals surface area (Å²) < 4.78 is 8.25. The van der Waals surface area contributed by atoms with E-state index in [1.165, 1.54) is 70.6 Å². The standard InChI is InChI=1S/C18H36O2.C7H6NO.C2H6O.O.Ti/c1-17(2)15-13-11-9-7-5-3-4-6-8-10-12-14-16-18(19)20;8-7-3-1-6(5-9)2-4-7;1-2-3;;/h17H,3-16H2,1-2H3,(H,19,20);1-4H,8H2;3H,2H2,1H3;;/q;-1;;;+1. The molecule has 0 amide bonds. The van der Waals surface area contributed by atoms with Gasteiger partial charge in [0.1, 0.15) is 0 Å². The second-order valence-corrected chi connectivity index (χ2v) is 8.61. The number of carbonyl (C=O) groups excluding carboxylic acids is 1. The minimum absolute atomic E-state index is 0.250. The number of carboxylic acid groups (broad SMARTS) is 1. The van der Waals surface area contributed by atoms with E-state index in [-0.39, 0.29) is 6.61 Å². The van der Waals surface area contributed by atoms with Crippen LogP contribution in [0, 0.1) is 5.92 Å². The van der Waals surface area contributed by atoms with Crippen molar-refractivity contribution >= 4 is 17.9 Å². The Hall–Kier alpha value is -1.37. The average Bonchev–Trinajstić information content (AvgIpc) is 2.81. The van der Waals surface area contributed by atoms with Crippen LogP contribution in [0.15, 0.2) is 24.3 Å². The van der Waals surface area contributed by atoms with Crippen molar-refractivity contribution in [1.82, 2.24) is 0 Å². The van der Waals surface area contributed by atoms with Gasteiger partial charge < -0.3 is 20.7 Å². The summed E-state index contributed by atoms with van der Waals surface area (Å²) in [5, 5.41) is 16.1. The summed E-state index contributed by atoms with van der Waals surface area (Å²) in [4.78, 5) is 20.3. The van der Waals surface area contributed by atoms with Gasteiger partial charge in [0.25, 0.3) is 0 Å². The number of unbranched alkanes of at least 4 members (excludes halogenated alkanes) is 11. The Labute approximate surface area is 219 Å². The molecule has 0 saturated heterocycles. The molecule has 0 saturated carbocycles. The van der Waals surface area contributed by atoms with Crippen LogP contribution < -0.4 is 5.73 Å². The van der Waals surface area contributed by atoms with Crippen molar-refractivity contribution in [2.75, 3.05) is 12.3 Å². The maximum atomic E-state index is 10.3. The van der Waals surface area contributed by atoms with E-state index in [0.717, 1.165) is 39.2 Å². The first-order valence-electron chi connectivity index (χ1n) is 12.6. The van der Waals surface area contributed by atoms with Crippen LogP contribution in [0.3, 0.4) is 0 Å². The molecular formula is C27H48NO5Ti. The Morgan fingerprint density at radius 1 is 0.853 bits per heavy atom. The molecule has 0 fully saturated rings. The van der Waals surface area contributed by atoms with Crippen molar-refractivity contribution < 1.29 is 43.5 Å². The number of carbonyl (C=O) groups is 1. The molecule has 0 aliphatic heterocycles. The zero-order valence-corrected chi connectivity index (χ0v) is 23.3. The number of rotatable bonds is 16. The second kappa shape index (κ2) is 31.6. The molecule has 34 heavy (non-hydrogen) atoms. The molecule has 0 aromatic heterocycles. The number of nitrogen functional groups attached to an aromatic ring is 1. The molecule has 0 aliphatic rings. The monoisotopic (exact) mass is 514 g/mol. The fraction of sp³-hybridized carbons (Fsp3) is 0.704. The van der Waals surface area contributed by atoms with Crippen LogP contribution in [0.25, 0.3) is 0 Å². The van der Waals surface area contributed by atoms with E-state index in [2.05, 4.69) is 13.8 Å². The molecule has 0 bridgehead atoms. The van der Waals surface area contributed by atoms with Gasteiger partial charge in [0.2, 0.25) is 0 Å². The normalized spacial score (nSPS) is 9.62. The number of anilines is 1. The van der Waals surface area contributed by atoms with E-state index in [9.17, 15) is 9.59 Å². The van der Waals surface area contributed by atoms with Gasteiger partial charge >= 0.3 is 29.7 Å². The molecule has 7 heteroatoms. The van der Waals surface area contributed by atoms with Crippen molar-refractivity contribution in [3.8, 4) is 0 Å². The van der Waals surface area contributed by atoms with Crippen LogP contribution >= 0.6 is 0 Å². The van der Waals surface area contributed by atoms with Gasteiger partial charge in [-0.2, -0.15) is 17.7 Å². The van der Waals surface area contributed by atoms with Crippen LogP contribution in [0.2, 0.25) is 0 Å². The van der Waals surface area contributed by atoms with Crippen LogP contribution in [0.4, 0.5) is 5.69 Å². The first kappa shape index (κ1) is 37.2. The predicted molar refractivity (Wildman–Crippen MR) is 136 cm³/mol. The van der Waals surface area contributed by atoms with Crippen molar-refractivity contribution in [2.45, 2.75) is 111 Å². The summed E-state index contributed by atoms with van der Waals surface area (Å²) in [5.41, 5.74) is 6.54. The topological polar surface area (TPSA) is 118 Å². The zero-order valence-electron chi connectivity index (χ0n) is 21.7. The number of benzene rings is 1. The summed E-state index contributed by atoms with van der Waals surface area (Å²) in [6, 6.07) is 6.59. The summed E-state index contributed by atoms with van der Waals surface area (Å²) in [5.74, 6) is 0.212. The summed E-state index contributed by atoms with van der Waals surface area (Å²) in [7, 11) is 0. The molecule has 0 spiro atoms. The zero-order chi connectivity index (χ0) is 26.5. The van der Waals surface area contributed by atoms with E-state index < -0.39 is 5.97 Å². The number of aliphatic hydroxyl groups is 1. The molecule has 1 aromatic carbocycles. The Kier molecular flexibility index (Phi) is 34.6. The average molecular weight is 515 g/mol. The summed E-state index contributed by atoms with van der Waals surface area (Å²) >= 11 is 0.750. The van der Waals surface area contributed by atoms with E-state index in [0.29, 0.717) is 17.7 Å². The fourth-order valence-corrected chi connectivity index (χ4v) is 3.15. The van der Waals surface area contributed by atoms with Gasteiger partial charge in [-0.1, -0.05) is 103 Å². The molecule has 4 N–H and O–H groups in total. The van der Waals surface area contributed by atoms with Crippen LogP contribution in [0.1, 0.15) is 116 Å². The molecule has 0 heterocycles. The Morgan fingerprint density at radius 3 is 1.53 bits per heavy atom. The number of hydrogen-bond donors (Lipinski definition) is 3. The van der Waals surface area contributed by atoms with E-state index in [1.54, 1.807) is 37.5 Å². The summed E-state index contributed by atoms with van der Waals surface area (Å²) in [6.07, 6.45) is 19.1. The van der Waals surface area contributed by atoms with Crippen LogP contribution in [-0.4, -0.2) is 29.1 Å². The molecule has 1 rings (SSSR count). The second-order valence-electron chi connectivity index (χ2n) is 8.61. The van der Waals surface area contributed by atoms with Gasteiger partial charge in [0.15, 0.2) is 0 Å². The third-order valence-electron chi connectivity index (χ3n) is 4.95. The molecule has 6 nitrogen and oxygen atoms in total. The predicted octanol–water partition coefficient (Wildman–Crippen LogP) is 6.79. The van der Waals surface area contributed by atoms with Crippen molar-refractivity contribution in [1.29, 1.82) is 0 Å². The Morgan fingerprint density at radius 2 is 1.21 bits per heavy atom. The van der Waals surface area contributed by atoms with E-state index in [1.807, 2.05) is 0 Å². The van der Waals surface area contributed by atoms with Gasteiger partial charge in [0, 0.05) is 18.7 Å². The molecule has 0 unspecified atom stereocenters. The van der Waals surface area contributed by atoms with Gasteiger partial charge in [-0.05, 0) is 19.3 Å². The SMILES string of the molecule is CC(C)CCCCCCCCCCCCCCC(=O)O.CCO.Nc1ccc([C-]=O)cc1.[O]=[Ti+]. The third-order valence-corrected chi connectivity index (χ3v) is 4.95. The van der Waals surface area contributed by atoms with Gasteiger partial charge in [-0.15, -0.1) is 0 Å². The van der Waals surface area contributed by atoms with Crippen molar-refractivity contribution in [3.05, 3.63) is 29.8 Å². The van der Waals surface area contributed by atoms with Crippen LogP contribution in [-0.2, 0) is 33.3 Å². The van der Waals surface area contributed by atoms with Crippen molar-refractivity contribution in [2.24, 2.45) is 5.92 Å². The van der Waals surface area contributed by atoms with Crippen LogP contribution in [0.5, 0.6) is 0 Å². The molecule has 1 aromatic rings. The molecule has 0 atom stereocenters. The minimum atomic E-state index is -0.654.